The van der Waals surface area contributed by atoms with Gasteiger partial charge >= 0.3 is 0 Å². The number of hydrogen-bond donors (Lipinski definition) is 1. The van der Waals surface area contributed by atoms with Crippen molar-refractivity contribution in [1.82, 2.24) is 10.3 Å². The van der Waals surface area contributed by atoms with Crippen LogP contribution in [0.5, 0.6) is 0 Å². The summed E-state index contributed by atoms with van der Waals surface area (Å²) >= 11 is 0. The molecule has 0 unspecified atom stereocenters. The van der Waals surface area contributed by atoms with Crippen molar-refractivity contribution in [2.24, 2.45) is 0 Å². The first kappa shape index (κ1) is 14.0. The van der Waals surface area contributed by atoms with E-state index >= 15 is 0 Å². The van der Waals surface area contributed by atoms with E-state index in [1.165, 1.54) is 18.4 Å². The maximum absolute atomic E-state index is 11.5. The van der Waals surface area contributed by atoms with Gasteiger partial charge < -0.3 is 9.73 Å². The van der Waals surface area contributed by atoms with Gasteiger partial charge in [0.15, 0.2) is 15.4 Å². The van der Waals surface area contributed by atoms with Crippen molar-refractivity contribution < 1.29 is 12.8 Å². The zero-order valence-corrected chi connectivity index (χ0v) is 12.3. The van der Waals surface area contributed by atoms with Crippen LogP contribution in [0, 0.1) is 0 Å². The average molecular weight is 282 g/mol. The standard InChI is InChI=1S/C13H18N2O3S/c1-13(2,3)14-8-12-15-10-7-9(19(4,16)17)5-6-11(10)18-12/h5-7,14H,8H2,1-4H3. The van der Waals surface area contributed by atoms with Gasteiger partial charge in [-0.2, -0.15) is 0 Å². The topological polar surface area (TPSA) is 72.2 Å². The highest BCUT2D eigenvalue weighted by Crippen LogP contribution is 2.20. The fraction of sp³-hybridized carbons (Fsp3) is 0.462. The molecule has 0 saturated heterocycles. The molecule has 0 amide bonds. The maximum Gasteiger partial charge on any atom is 0.209 e. The van der Waals surface area contributed by atoms with E-state index in [1.807, 2.05) is 0 Å². The van der Waals surface area contributed by atoms with Crippen LogP contribution in [0.15, 0.2) is 27.5 Å². The molecule has 1 aromatic heterocycles. The summed E-state index contributed by atoms with van der Waals surface area (Å²) in [6, 6.07) is 4.71. The molecule has 104 valence electrons. The number of oxazole rings is 1. The normalized spacial score (nSPS) is 13.1. The SMILES string of the molecule is CC(C)(C)NCc1nc2cc(S(C)(=O)=O)ccc2o1. The molecule has 19 heavy (non-hydrogen) atoms. The van der Waals surface area contributed by atoms with Gasteiger partial charge in [-0.05, 0) is 39.0 Å². The van der Waals surface area contributed by atoms with Crippen molar-refractivity contribution in [3.8, 4) is 0 Å². The summed E-state index contributed by atoms with van der Waals surface area (Å²) in [4.78, 5) is 4.55. The minimum Gasteiger partial charge on any atom is -0.439 e. The lowest BCUT2D eigenvalue weighted by atomic mass is 10.1. The molecule has 2 aromatic rings. The smallest absolute Gasteiger partial charge is 0.209 e. The molecule has 0 aliphatic rings. The van der Waals surface area contributed by atoms with Crippen LogP contribution in [-0.2, 0) is 16.4 Å². The summed E-state index contributed by atoms with van der Waals surface area (Å²) in [5.74, 6) is 0.551. The second kappa shape index (κ2) is 4.61. The molecule has 0 bridgehead atoms. The third-order valence-electron chi connectivity index (χ3n) is 2.60. The van der Waals surface area contributed by atoms with E-state index in [1.54, 1.807) is 6.07 Å². The predicted molar refractivity (Wildman–Crippen MR) is 73.7 cm³/mol. The van der Waals surface area contributed by atoms with E-state index in [0.29, 0.717) is 23.5 Å². The molecule has 1 heterocycles. The summed E-state index contributed by atoms with van der Waals surface area (Å²) in [5.41, 5.74) is 1.13. The Kier molecular flexibility index (Phi) is 3.40. The Morgan fingerprint density at radius 3 is 2.58 bits per heavy atom. The number of hydrogen-bond acceptors (Lipinski definition) is 5. The van der Waals surface area contributed by atoms with E-state index in [2.05, 4.69) is 31.1 Å². The minimum absolute atomic E-state index is 0.0292. The molecule has 0 radical (unpaired) electrons. The number of nitrogens with zero attached hydrogens (tertiary/aromatic N) is 1. The van der Waals surface area contributed by atoms with E-state index in [4.69, 9.17) is 4.42 Å². The molecular formula is C13H18N2O3S. The Hall–Kier alpha value is -1.40. The van der Waals surface area contributed by atoms with Crippen LogP contribution >= 0.6 is 0 Å². The lowest BCUT2D eigenvalue weighted by Crippen LogP contribution is -2.35. The molecule has 1 N–H and O–H groups in total. The summed E-state index contributed by atoms with van der Waals surface area (Å²) in [7, 11) is -3.22. The van der Waals surface area contributed by atoms with Crippen LogP contribution in [-0.4, -0.2) is 25.2 Å². The van der Waals surface area contributed by atoms with Crippen LogP contribution in [0.2, 0.25) is 0 Å². The number of fused-ring (bicyclic) bond motifs is 1. The summed E-state index contributed by atoms with van der Waals surface area (Å²) in [6.07, 6.45) is 1.18. The van der Waals surface area contributed by atoms with Crippen LogP contribution in [0.25, 0.3) is 11.1 Å². The maximum atomic E-state index is 11.5. The van der Waals surface area contributed by atoms with Crippen LogP contribution < -0.4 is 5.32 Å². The van der Waals surface area contributed by atoms with Crippen molar-refractivity contribution in [2.45, 2.75) is 37.8 Å². The van der Waals surface area contributed by atoms with Crippen molar-refractivity contribution in [3.63, 3.8) is 0 Å². The second-order valence-electron chi connectivity index (χ2n) is 5.61. The number of sulfone groups is 1. The van der Waals surface area contributed by atoms with E-state index < -0.39 is 9.84 Å². The molecular weight excluding hydrogens is 264 g/mol. The first-order chi connectivity index (χ1) is 8.65. The van der Waals surface area contributed by atoms with Gasteiger partial charge in [-0.3, -0.25) is 0 Å². The Morgan fingerprint density at radius 1 is 1.32 bits per heavy atom. The van der Waals surface area contributed by atoms with Crippen LogP contribution in [0.4, 0.5) is 0 Å². The molecule has 6 heteroatoms. The quantitative estimate of drug-likeness (QED) is 0.933. The van der Waals surface area contributed by atoms with Gasteiger partial charge in [0, 0.05) is 11.8 Å². The van der Waals surface area contributed by atoms with E-state index in [-0.39, 0.29) is 10.4 Å². The largest absolute Gasteiger partial charge is 0.439 e. The van der Waals surface area contributed by atoms with Crippen molar-refractivity contribution in [1.29, 1.82) is 0 Å². The number of benzene rings is 1. The van der Waals surface area contributed by atoms with Crippen molar-refractivity contribution in [3.05, 3.63) is 24.1 Å². The lowest BCUT2D eigenvalue weighted by molar-refractivity contribution is 0.388. The Balaban J connectivity index is 2.31. The Morgan fingerprint density at radius 2 is 2.00 bits per heavy atom. The molecule has 0 spiro atoms. The number of aromatic nitrogens is 1. The van der Waals surface area contributed by atoms with Gasteiger partial charge in [0.25, 0.3) is 0 Å². The Bertz CT molecular complexity index is 696. The molecule has 0 aliphatic carbocycles. The monoisotopic (exact) mass is 282 g/mol. The number of nitrogens with one attached hydrogen (secondary N) is 1. The van der Waals surface area contributed by atoms with Crippen LogP contribution in [0.1, 0.15) is 26.7 Å². The van der Waals surface area contributed by atoms with Crippen molar-refractivity contribution >= 4 is 20.9 Å². The van der Waals surface area contributed by atoms with Gasteiger partial charge in [0.1, 0.15) is 5.52 Å². The summed E-state index contributed by atoms with van der Waals surface area (Å²) < 4.78 is 28.5. The third-order valence-corrected chi connectivity index (χ3v) is 3.71. The molecule has 1 aromatic carbocycles. The third kappa shape index (κ3) is 3.54. The molecule has 0 atom stereocenters. The summed E-state index contributed by atoms with van der Waals surface area (Å²) in [5, 5.41) is 3.27. The lowest BCUT2D eigenvalue weighted by Gasteiger charge is -2.18. The Labute approximate surface area is 112 Å². The predicted octanol–water partition coefficient (Wildman–Crippen LogP) is 2.12. The fourth-order valence-corrected chi connectivity index (χ4v) is 2.24. The highest BCUT2D eigenvalue weighted by molar-refractivity contribution is 7.90. The zero-order valence-electron chi connectivity index (χ0n) is 11.5. The van der Waals surface area contributed by atoms with E-state index in [9.17, 15) is 8.42 Å². The van der Waals surface area contributed by atoms with Crippen LogP contribution in [0.3, 0.4) is 0 Å². The average Bonchev–Trinajstić information content (AvgIpc) is 2.65. The first-order valence-electron chi connectivity index (χ1n) is 6.00. The molecule has 0 saturated carbocycles. The molecule has 0 fully saturated rings. The first-order valence-corrected chi connectivity index (χ1v) is 7.89. The van der Waals surface area contributed by atoms with Crippen molar-refractivity contribution in [2.75, 3.05) is 6.26 Å². The zero-order chi connectivity index (χ0) is 14.3. The van der Waals surface area contributed by atoms with Gasteiger partial charge in [0.2, 0.25) is 5.89 Å². The number of rotatable bonds is 3. The highest BCUT2D eigenvalue weighted by Gasteiger charge is 2.14. The van der Waals surface area contributed by atoms with Gasteiger partial charge in [-0.25, -0.2) is 13.4 Å². The van der Waals surface area contributed by atoms with Gasteiger partial charge in [-0.1, -0.05) is 0 Å². The molecule has 0 aliphatic heterocycles. The molecule has 5 nitrogen and oxygen atoms in total. The molecule has 2 rings (SSSR count). The van der Waals surface area contributed by atoms with Gasteiger partial charge in [0.05, 0.1) is 11.4 Å². The second-order valence-corrected chi connectivity index (χ2v) is 7.63. The highest BCUT2D eigenvalue weighted by atomic mass is 32.2. The van der Waals surface area contributed by atoms with Gasteiger partial charge in [-0.15, -0.1) is 0 Å². The fourth-order valence-electron chi connectivity index (χ4n) is 1.60. The summed E-state index contributed by atoms with van der Waals surface area (Å²) in [6.45, 7) is 6.67. The minimum atomic E-state index is -3.22. The van der Waals surface area contributed by atoms with E-state index in [0.717, 1.165) is 0 Å².